The van der Waals surface area contributed by atoms with Gasteiger partial charge in [-0.1, -0.05) is 301 Å². The molecule has 0 aliphatic carbocycles. The number of hydrogen-bond donors (Lipinski definition) is 0. The lowest BCUT2D eigenvalue weighted by Crippen LogP contribution is -2.30. The summed E-state index contributed by atoms with van der Waals surface area (Å²) in [6.45, 7) is 6.67. The molecule has 1 unspecified atom stereocenters. The van der Waals surface area contributed by atoms with Gasteiger partial charge in [0.25, 0.3) is 0 Å². The van der Waals surface area contributed by atoms with Crippen LogP contribution in [0.5, 0.6) is 0 Å². The van der Waals surface area contributed by atoms with Crippen molar-refractivity contribution in [2.45, 2.75) is 367 Å². The molecule has 0 aromatic rings. The van der Waals surface area contributed by atoms with Crippen LogP contribution in [0.4, 0.5) is 0 Å². The Hall–Kier alpha value is -2.37. The van der Waals surface area contributed by atoms with E-state index in [4.69, 9.17) is 14.2 Å². The van der Waals surface area contributed by atoms with Crippen LogP contribution in [-0.4, -0.2) is 37.2 Å². The molecule has 0 aliphatic heterocycles. The highest BCUT2D eigenvalue weighted by Crippen LogP contribution is 2.18. The summed E-state index contributed by atoms with van der Waals surface area (Å²) in [5.74, 6) is -0.859. The Morgan fingerprint density at radius 3 is 0.784 bits per heavy atom. The van der Waals surface area contributed by atoms with Gasteiger partial charge in [-0.15, -0.1) is 0 Å². The molecule has 0 rings (SSSR count). The molecule has 0 spiro atoms. The summed E-state index contributed by atoms with van der Waals surface area (Å²) in [6, 6.07) is 0. The van der Waals surface area contributed by atoms with E-state index < -0.39 is 6.10 Å². The Morgan fingerprint density at radius 1 is 0.270 bits per heavy atom. The number of allylic oxidation sites excluding steroid dienone is 6. The fourth-order valence-corrected chi connectivity index (χ4v) is 9.88. The third-order valence-corrected chi connectivity index (χ3v) is 14.9. The van der Waals surface area contributed by atoms with E-state index in [2.05, 4.69) is 57.2 Å². The Kier molecular flexibility index (Phi) is 61.1. The summed E-state index contributed by atoms with van der Waals surface area (Å²) >= 11 is 0. The molecule has 1 atom stereocenters. The van der Waals surface area contributed by atoms with Crippen LogP contribution in [0.25, 0.3) is 0 Å². The zero-order chi connectivity index (χ0) is 53.6. The lowest BCUT2D eigenvalue weighted by Gasteiger charge is -2.18. The molecule has 0 radical (unpaired) electrons. The molecular weight excluding hydrogens is 913 g/mol. The Bertz CT molecular complexity index is 1240. The second-order valence-corrected chi connectivity index (χ2v) is 22.4. The van der Waals surface area contributed by atoms with E-state index in [1.54, 1.807) is 0 Å². The maximum absolute atomic E-state index is 12.9. The predicted molar refractivity (Wildman–Crippen MR) is 321 cm³/mol. The van der Waals surface area contributed by atoms with E-state index in [0.717, 1.165) is 70.6 Å². The second-order valence-electron chi connectivity index (χ2n) is 22.4. The van der Waals surface area contributed by atoms with Gasteiger partial charge in [0.1, 0.15) is 13.2 Å². The first-order valence-corrected chi connectivity index (χ1v) is 33.0. The lowest BCUT2D eigenvalue weighted by atomic mass is 10.0. The van der Waals surface area contributed by atoms with Crippen LogP contribution < -0.4 is 0 Å². The van der Waals surface area contributed by atoms with E-state index in [1.165, 1.54) is 250 Å². The molecule has 74 heavy (non-hydrogen) atoms. The van der Waals surface area contributed by atoms with E-state index >= 15 is 0 Å². The van der Waals surface area contributed by atoms with Crippen molar-refractivity contribution in [3.05, 3.63) is 36.5 Å². The normalized spacial score (nSPS) is 12.2. The first-order valence-electron chi connectivity index (χ1n) is 33.0. The minimum absolute atomic E-state index is 0.0720. The minimum Gasteiger partial charge on any atom is -0.462 e. The van der Waals surface area contributed by atoms with Gasteiger partial charge in [-0.2, -0.15) is 0 Å². The van der Waals surface area contributed by atoms with Crippen molar-refractivity contribution in [2.75, 3.05) is 13.2 Å². The SMILES string of the molecule is CCCCC/C=C\C/C=C\CCCCCCCCCC(=O)OCC(COC(=O)CCCCCCCCCCCCCCCCCCCCCCC)OC(=O)CCCCCCCCC/C=C\CCCCCCCCC. The van der Waals surface area contributed by atoms with Crippen LogP contribution in [0.1, 0.15) is 361 Å². The highest BCUT2D eigenvalue weighted by atomic mass is 16.6. The Labute approximate surface area is 461 Å². The molecule has 0 aliphatic rings. The molecule has 0 saturated heterocycles. The van der Waals surface area contributed by atoms with Crippen molar-refractivity contribution in [1.29, 1.82) is 0 Å². The third-order valence-electron chi connectivity index (χ3n) is 14.9. The average molecular weight is 1040 g/mol. The first-order chi connectivity index (χ1) is 36.5. The predicted octanol–water partition coefficient (Wildman–Crippen LogP) is 22.4. The second kappa shape index (κ2) is 63.2. The number of carbonyl (C=O) groups is 3. The third kappa shape index (κ3) is 60.5. The average Bonchev–Trinajstić information content (AvgIpc) is 3.40. The topological polar surface area (TPSA) is 78.9 Å². The van der Waals surface area contributed by atoms with E-state index in [9.17, 15) is 14.4 Å². The van der Waals surface area contributed by atoms with Crippen molar-refractivity contribution in [3.8, 4) is 0 Å². The van der Waals surface area contributed by atoms with Gasteiger partial charge in [0.05, 0.1) is 0 Å². The summed E-state index contributed by atoms with van der Waals surface area (Å²) in [4.78, 5) is 38.4. The highest BCUT2D eigenvalue weighted by Gasteiger charge is 2.19. The molecule has 0 heterocycles. The van der Waals surface area contributed by atoms with Crippen molar-refractivity contribution >= 4 is 17.9 Å². The van der Waals surface area contributed by atoms with Crippen LogP contribution in [0.2, 0.25) is 0 Å². The number of ether oxygens (including phenoxy) is 3. The summed E-state index contributed by atoms with van der Waals surface area (Å²) in [5.41, 5.74) is 0. The molecule has 0 aromatic carbocycles. The van der Waals surface area contributed by atoms with Gasteiger partial charge in [-0.05, 0) is 77.0 Å². The molecule has 6 nitrogen and oxygen atoms in total. The van der Waals surface area contributed by atoms with Crippen molar-refractivity contribution in [1.82, 2.24) is 0 Å². The van der Waals surface area contributed by atoms with Crippen LogP contribution in [0.15, 0.2) is 36.5 Å². The molecule has 0 saturated carbocycles. The molecule has 0 N–H and O–H groups in total. The Morgan fingerprint density at radius 2 is 0.486 bits per heavy atom. The molecular formula is C68H126O6. The first kappa shape index (κ1) is 71.6. The van der Waals surface area contributed by atoms with Gasteiger partial charge in [0.15, 0.2) is 6.10 Å². The van der Waals surface area contributed by atoms with Crippen LogP contribution in [-0.2, 0) is 28.6 Å². The number of unbranched alkanes of at least 4 members (excludes halogenated alkanes) is 44. The smallest absolute Gasteiger partial charge is 0.306 e. The van der Waals surface area contributed by atoms with Crippen LogP contribution >= 0.6 is 0 Å². The zero-order valence-electron chi connectivity index (χ0n) is 49.9. The number of carbonyl (C=O) groups excluding carboxylic acids is 3. The van der Waals surface area contributed by atoms with Gasteiger partial charge < -0.3 is 14.2 Å². The summed E-state index contributed by atoms with van der Waals surface area (Å²) in [6.07, 6.45) is 77.2. The maximum Gasteiger partial charge on any atom is 0.306 e. The number of rotatable bonds is 61. The summed E-state index contributed by atoms with van der Waals surface area (Å²) in [7, 11) is 0. The van der Waals surface area contributed by atoms with E-state index in [0.29, 0.717) is 19.3 Å². The lowest BCUT2D eigenvalue weighted by molar-refractivity contribution is -0.167. The summed E-state index contributed by atoms with van der Waals surface area (Å²) < 4.78 is 17.0. The maximum atomic E-state index is 12.9. The van der Waals surface area contributed by atoms with Crippen molar-refractivity contribution in [3.63, 3.8) is 0 Å². The molecule has 0 aromatic heterocycles. The fourth-order valence-electron chi connectivity index (χ4n) is 9.88. The zero-order valence-corrected chi connectivity index (χ0v) is 49.9. The minimum atomic E-state index is -0.776. The van der Waals surface area contributed by atoms with Gasteiger partial charge >= 0.3 is 17.9 Å². The summed E-state index contributed by atoms with van der Waals surface area (Å²) in [5, 5.41) is 0. The number of hydrogen-bond acceptors (Lipinski definition) is 6. The van der Waals surface area contributed by atoms with Crippen LogP contribution in [0, 0.1) is 0 Å². The monoisotopic (exact) mass is 1040 g/mol. The molecule has 0 bridgehead atoms. The molecule has 0 amide bonds. The van der Waals surface area contributed by atoms with Crippen LogP contribution in [0.3, 0.4) is 0 Å². The highest BCUT2D eigenvalue weighted by molar-refractivity contribution is 5.71. The molecule has 6 heteroatoms. The van der Waals surface area contributed by atoms with Gasteiger partial charge in [0.2, 0.25) is 0 Å². The quantitative estimate of drug-likeness (QED) is 0.0261. The Balaban J connectivity index is 4.33. The standard InChI is InChI=1S/C68H126O6/c1-4-7-10-13-16-19-22-25-28-31-33-34-35-38-40-43-46-49-52-55-58-61-67(70)73-64-65(63-72-66(69)60-57-54-51-48-45-42-39-36-30-27-24-21-18-15-12-9-6-3)74-68(71)62-59-56-53-50-47-44-41-37-32-29-26-23-20-17-14-11-8-5-2/h18,21,27,29-30,32,65H,4-17,19-20,22-26,28,31,33-64H2,1-3H3/b21-18-,30-27-,32-29-. The van der Waals surface area contributed by atoms with Crippen molar-refractivity contribution in [2.24, 2.45) is 0 Å². The number of esters is 3. The van der Waals surface area contributed by atoms with E-state index in [-0.39, 0.29) is 31.1 Å². The molecule has 434 valence electrons. The van der Waals surface area contributed by atoms with Gasteiger partial charge in [-0.25, -0.2) is 0 Å². The van der Waals surface area contributed by atoms with Gasteiger partial charge in [0, 0.05) is 19.3 Å². The fraction of sp³-hybridized carbons (Fsp3) is 0.868. The largest absolute Gasteiger partial charge is 0.462 e. The van der Waals surface area contributed by atoms with E-state index in [1.807, 2.05) is 0 Å². The van der Waals surface area contributed by atoms with Gasteiger partial charge in [-0.3, -0.25) is 14.4 Å². The van der Waals surface area contributed by atoms with Crippen molar-refractivity contribution < 1.29 is 28.6 Å². The molecule has 0 fully saturated rings.